The van der Waals surface area contributed by atoms with Crippen molar-refractivity contribution in [2.45, 2.75) is 47.5 Å². The molecule has 0 unspecified atom stereocenters. The third kappa shape index (κ3) is 10.3. The van der Waals surface area contributed by atoms with Crippen LogP contribution in [-0.4, -0.2) is 19.0 Å². The van der Waals surface area contributed by atoms with Crippen LogP contribution in [-0.2, 0) is 13.6 Å². The zero-order valence-corrected chi connectivity index (χ0v) is 18.1. The van der Waals surface area contributed by atoms with Gasteiger partial charge in [0.15, 0.2) is 0 Å². The highest BCUT2D eigenvalue weighted by Gasteiger charge is 2.27. The Balaban J connectivity index is 4.40. The fourth-order valence-corrected chi connectivity index (χ4v) is 5.29. The van der Waals surface area contributed by atoms with Crippen LogP contribution in [0.25, 0.3) is 0 Å². The van der Waals surface area contributed by atoms with E-state index in [0.29, 0.717) is 16.5 Å². The second-order valence-electron chi connectivity index (χ2n) is 4.98. The number of halogens is 1. The highest BCUT2D eigenvalue weighted by molar-refractivity contribution is 14.1. The fraction of sp³-hybridized carbons (Fsp3) is 0.625. The van der Waals surface area contributed by atoms with E-state index in [4.69, 9.17) is 9.05 Å². The van der Waals surface area contributed by atoms with Crippen molar-refractivity contribution in [1.82, 2.24) is 0 Å². The van der Waals surface area contributed by atoms with Gasteiger partial charge in [-0.25, -0.2) is 0 Å². The van der Waals surface area contributed by atoms with Gasteiger partial charge in [-0.3, -0.25) is 4.57 Å². The molecular formula is C16H28IO3PS. The zero-order chi connectivity index (χ0) is 17.0. The molecule has 0 aliphatic rings. The Morgan fingerprint density at radius 1 is 1.14 bits per heavy atom. The lowest BCUT2D eigenvalue weighted by molar-refractivity contribution is 0.228. The van der Waals surface area contributed by atoms with E-state index in [1.165, 1.54) is 11.1 Å². The predicted octanol–water partition coefficient (Wildman–Crippen LogP) is 6.91. The minimum absolute atomic E-state index is 0.381. The van der Waals surface area contributed by atoms with Crippen LogP contribution in [0.2, 0.25) is 0 Å². The van der Waals surface area contributed by atoms with Gasteiger partial charge in [0, 0.05) is 5.75 Å². The molecule has 22 heavy (non-hydrogen) atoms. The van der Waals surface area contributed by atoms with Gasteiger partial charge < -0.3 is 9.05 Å². The molecule has 0 N–H and O–H groups in total. The van der Waals surface area contributed by atoms with Gasteiger partial charge in [0.25, 0.3) is 0 Å². The average Bonchev–Trinajstić information content (AvgIpc) is 2.43. The summed E-state index contributed by atoms with van der Waals surface area (Å²) in [6.45, 7) is 10.8. The van der Waals surface area contributed by atoms with E-state index in [2.05, 4.69) is 55.5 Å². The lowest BCUT2D eigenvalue weighted by atomic mass is 10.1. The summed E-state index contributed by atoms with van der Waals surface area (Å²) in [5.41, 5.74) is 2.74. The SMILES string of the molecule is CCOP(=O)(OCC)/C(I)=C/SC/C=C(\C)CCC=C(C)C. The van der Waals surface area contributed by atoms with Gasteiger partial charge in [-0.2, -0.15) is 0 Å². The molecule has 0 atom stereocenters. The molecule has 0 bridgehead atoms. The van der Waals surface area contributed by atoms with Crippen molar-refractivity contribution in [2.75, 3.05) is 19.0 Å². The molecule has 3 nitrogen and oxygen atoms in total. The molecular weight excluding hydrogens is 430 g/mol. The Morgan fingerprint density at radius 2 is 1.73 bits per heavy atom. The van der Waals surface area contributed by atoms with Crippen molar-refractivity contribution in [3.8, 4) is 0 Å². The van der Waals surface area contributed by atoms with Gasteiger partial charge in [0.05, 0.1) is 13.2 Å². The monoisotopic (exact) mass is 458 g/mol. The lowest BCUT2D eigenvalue weighted by Crippen LogP contribution is -1.95. The van der Waals surface area contributed by atoms with E-state index in [-0.39, 0.29) is 0 Å². The van der Waals surface area contributed by atoms with Crippen molar-refractivity contribution in [3.05, 3.63) is 32.0 Å². The Kier molecular flexibility index (Phi) is 13.1. The summed E-state index contributed by atoms with van der Waals surface area (Å²) in [6, 6.07) is 0. The first-order valence-corrected chi connectivity index (χ1v) is 11.2. The van der Waals surface area contributed by atoms with Crippen LogP contribution < -0.4 is 0 Å². The summed E-state index contributed by atoms with van der Waals surface area (Å²) in [7, 11) is -3.10. The normalized spacial score (nSPS) is 13.4. The molecule has 0 saturated heterocycles. The largest absolute Gasteiger partial charge is 0.367 e. The Morgan fingerprint density at radius 3 is 2.23 bits per heavy atom. The van der Waals surface area contributed by atoms with Crippen molar-refractivity contribution < 1.29 is 13.6 Å². The van der Waals surface area contributed by atoms with Crippen LogP contribution >= 0.6 is 41.9 Å². The molecule has 0 spiro atoms. The van der Waals surface area contributed by atoms with E-state index in [1.54, 1.807) is 11.8 Å². The van der Waals surface area contributed by atoms with Crippen molar-refractivity contribution >= 4 is 41.9 Å². The molecule has 0 aromatic rings. The lowest BCUT2D eigenvalue weighted by Gasteiger charge is -2.16. The maximum Gasteiger partial charge on any atom is 0.367 e. The minimum atomic E-state index is -3.10. The van der Waals surface area contributed by atoms with Crippen LogP contribution in [0.3, 0.4) is 0 Å². The first kappa shape index (κ1) is 22.4. The van der Waals surface area contributed by atoms with Gasteiger partial charge in [-0.05, 0) is 75.5 Å². The van der Waals surface area contributed by atoms with Crippen molar-refractivity contribution in [3.63, 3.8) is 0 Å². The summed E-state index contributed by atoms with van der Waals surface area (Å²) in [4.78, 5) is 0. The van der Waals surface area contributed by atoms with Crippen LogP contribution in [0.5, 0.6) is 0 Å². The van der Waals surface area contributed by atoms with E-state index in [9.17, 15) is 4.57 Å². The quantitative estimate of drug-likeness (QED) is 0.146. The van der Waals surface area contributed by atoms with Gasteiger partial charge >= 0.3 is 7.60 Å². The standard InChI is InChI=1S/C16H28IO3PS/c1-6-19-21(18,20-7-2)16(17)13-22-12-11-15(5)10-8-9-14(3)4/h9,11,13H,6-8,10,12H2,1-5H3/b15-11+,16-13+. The van der Waals surface area contributed by atoms with Gasteiger partial charge in [0.1, 0.15) is 3.32 Å². The smallest absolute Gasteiger partial charge is 0.305 e. The Bertz CT molecular complexity index is 444. The molecule has 0 radical (unpaired) electrons. The van der Waals surface area contributed by atoms with Gasteiger partial charge in [-0.15, -0.1) is 11.8 Å². The third-order valence-corrected chi connectivity index (χ3v) is 7.95. The van der Waals surface area contributed by atoms with Crippen LogP contribution in [0.15, 0.2) is 32.0 Å². The minimum Gasteiger partial charge on any atom is -0.305 e. The third-order valence-electron chi connectivity index (χ3n) is 2.66. The van der Waals surface area contributed by atoms with Crippen molar-refractivity contribution in [1.29, 1.82) is 0 Å². The second-order valence-corrected chi connectivity index (χ2v) is 9.89. The fourth-order valence-electron chi connectivity index (χ4n) is 1.56. The zero-order valence-electron chi connectivity index (χ0n) is 14.2. The highest BCUT2D eigenvalue weighted by Crippen LogP contribution is 2.59. The van der Waals surface area contributed by atoms with Crippen LogP contribution in [0, 0.1) is 0 Å². The van der Waals surface area contributed by atoms with E-state index in [0.717, 1.165) is 18.6 Å². The molecule has 0 aromatic heterocycles. The Labute approximate surface area is 153 Å². The topological polar surface area (TPSA) is 35.5 Å². The summed E-state index contributed by atoms with van der Waals surface area (Å²) in [6.07, 6.45) is 6.65. The molecule has 0 heterocycles. The summed E-state index contributed by atoms with van der Waals surface area (Å²) in [5, 5.41) is 1.88. The van der Waals surface area contributed by atoms with E-state index < -0.39 is 7.60 Å². The molecule has 0 aliphatic carbocycles. The molecule has 0 fully saturated rings. The molecule has 0 saturated carbocycles. The number of rotatable bonds is 11. The summed E-state index contributed by atoms with van der Waals surface area (Å²) >= 11 is 3.67. The average molecular weight is 458 g/mol. The number of hydrogen-bond donors (Lipinski definition) is 0. The van der Waals surface area contributed by atoms with Gasteiger partial charge in [-0.1, -0.05) is 23.3 Å². The Hall–Kier alpha value is 0.450. The first-order chi connectivity index (χ1) is 10.4. The molecule has 0 rings (SSSR count). The maximum absolute atomic E-state index is 12.5. The van der Waals surface area contributed by atoms with Crippen LogP contribution in [0.4, 0.5) is 0 Å². The predicted molar refractivity (Wildman–Crippen MR) is 108 cm³/mol. The molecule has 6 heteroatoms. The number of allylic oxidation sites excluding steroid dienone is 3. The molecule has 128 valence electrons. The molecule has 0 amide bonds. The second kappa shape index (κ2) is 12.8. The summed E-state index contributed by atoms with van der Waals surface area (Å²) in [5.74, 6) is 0.866. The number of hydrogen-bond acceptors (Lipinski definition) is 4. The van der Waals surface area contributed by atoms with E-state index >= 15 is 0 Å². The molecule has 0 aromatic carbocycles. The van der Waals surface area contributed by atoms with Crippen molar-refractivity contribution in [2.24, 2.45) is 0 Å². The maximum atomic E-state index is 12.5. The van der Waals surface area contributed by atoms with Crippen LogP contribution in [0.1, 0.15) is 47.5 Å². The van der Waals surface area contributed by atoms with E-state index in [1.807, 2.05) is 19.3 Å². The summed E-state index contributed by atoms with van der Waals surface area (Å²) < 4.78 is 23.8. The van der Waals surface area contributed by atoms with Gasteiger partial charge in [0.2, 0.25) is 0 Å². The first-order valence-electron chi connectivity index (χ1n) is 7.51. The highest BCUT2D eigenvalue weighted by atomic mass is 127. The molecule has 0 aliphatic heterocycles. The number of thioether (sulfide) groups is 1.